The van der Waals surface area contributed by atoms with Gasteiger partial charge in [0.2, 0.25) is 0 Å². The van der Waals surface area contributed by atoms with Crippen molar-refractivity contribution in [2.45, 2.75) is 6.42 Å². The van der Waals surface area contributed by atoms with Crippen molar-refractivity contribution in [1.29, 1.82) is 0 Å². The molecule has 0 aliphatic heterocycles. The first-order chi connectivity index (χ1) is 4.57. The maximum absolute atomic E-state index is 10.2. The highest BCUT2D eigenvalue weighted by Crippen LogP contribution is 2.04. The standard InChI is InChI=1S/C5H8O4S/c6-4(7)1-3(2-10)5(8)9/h3,10H,1-2H2,(H,6,7)(H,8,9). The van der Waals surface area contributed by atoms with Gasteiger partial charge in [0.25, 0.3) is 0 Å². The molecule has 0 rings (SSSR count). The van der Waals surface area contributed by atoms with E-state index in [1.54, 1.807) is 0 Å². The van der Waals surface area contributed by atoms with E-state index in [1.165, 1.54) is 0 Å². The molecule has 0 bridgehead atoms. The molecule has 4 nitrogen and oxygen atoms in total. The van der Waals surface area contributed by atoms with Crippen molar-refractivity contribution >= 4 is 24.6 Å². The first kappa shape index (κ1) is 9.29. The minimum absolute atomic E-state index is 0.0572. The van der Waals surface area contributed by atoms with Crippen LogP contribution >= 0.6 is 12.6 Å². The highest BCUT2D eigenvalue weighted by Gasteiger charge is 2.18. The number of hydrogen-bond donors (Lipinski definition) is 3. The Balaban J connectivity index is 3.83. The fourth-order valence-electron chi connectivity index (χ4n) is 0.441. The van der Waals surface area contributed by atoms with Gasteiger partial charge in [0.05, 0.1) is 12.3 Å². The average Bonchev–Trinajstić information content (AvgIpc) is 1.81. The summed E-state index contributed by atoms with van der Waals surface area (Å²) in [5.74, 6) is -3.04. The molecule has 0 aromatic carbocycles. The van der Waals surface area contributed by atoms with Gasteiger partial charge in [0.15, 0.2) is 0 Å². The summed E-state index contributed by atoms with van der Waals surface area (Å²) in [4.78, 5) is 20.1. The van der Waals surface area contributed by atoms with Crippen LogP contribution in [0.1, 0.15) is 6.42 Å². The third kappa shape index (κ3) is 3.34. The molecule has 0 fully saturated rings. The Morgan fingerprint density at radius 2 is 1.90 bits per heavy atom. The van der Waals surface area contributed by atoms with Gasteiger partial charge in [0, 0.05) is 5.75 Å². The van der Waals surface area contributed by atoms with Crippen LogP contribution in [0.4, 0.5) is 0 Å². The molecule has 0 amide bonds. The second-order valence-electron chi connectivity index (χ2n) is 1.82. The molecule has 1 unspecified atom stereocenters. The van der Waals surface area contributed by atoms with Crippen molar-refractivity contribution in [3.63, 3.8) is 0 Å². The summed E-state index contributed by atoms with van der Waals surface area (Å²) in [6.45, 7) is 0. The smallest absolute Gasteiger partial charge is 0.307 e. The monoisotopic (exact) mass is 164 g/mol. The molecule has 0 aromatic heterocycles. The Morgan fingerprint density at radius 3 is 2.00 bits per heavy atom. The molecule has 0 spiro atoms. The van der Waals surface area contributed by atoms with Gasteiger partial charge < -0.3 is 10.2 Å². The Kier molecular flexibility index (Phi) is 3.87. The second kappa shape index (κ2) is 4.16. The molecule has 5 heteroatoms. The SMILES string of the molecule is O=C(O)CC(CS)C(=O)O. The quantitative estimate of drug-likeness (QED) is 0.515. The van der Waals surface area contributed by atoms with Gasteiger partial charge in [0.1, 0.15) is 0 Å². The minimum Gasteiger partial charge on any atom is -0.481 e. The fourth-order valence-corrected chi connectivity index (χ4v) is 0.726. The molecule has 0 saturated heterocycles. The topological polar surface area (TPSA) is 74.6 Å². The van der Waals surface area contributed by atoms with E-state index in [1.807, 2.05) is 0 Å². The van der Waals surface area contributed by atoms with Gasteiger partial charge in [-0.3, -0.25) is 9.59 Å². The highest BCUT2D eigenvalue weighted by molar-refractivity contribution is 7.80. The lowest BCUT2D eigenvalue weighted by molar-refractivity contribution is -0.147. The molecule has 0 saturated carbocycles. The van der Waals surface area contributed by atoms with Crippen molar-refractivity contribution in [1.82, 2.24) is 0 Å². The Labute approximate surface area is 63.3 Å². The molecule has 0 aliphatic carbocycles. The largest absolute Gasteiger partial charge is 0.481 e. The average molecular weight is 164 g/mol. The predicted molar refractivity (Wildman–Crippen MR) is 37.2 cm³/mol. The summed E-state index contributed by atoms with van der Waals surface area (Å²) in [5, 5.41) is 16.5. The van der Waals surface area contributed by atoms with Crippen LogP contribution < -0.4 is 0 Å². The molecule has 58 valence electrons. The van der Waals surface area contributed by atoms with Gasteiger partial charge in [-0.25, -0.2) is 0 Å². The van der Waals surface area contributed by atoms with Crippen LogP contribution in [0, 0.1) is 5.92 Å². The lowest BCUT2D eigenvalue weighted by Crippen LogP contribution is -2.18. The maximum atomic E-state index is 10.2. The van der Waals surface area contributed by atoms with E-state index < -0.39 is 17.9 Å². The normalized spacial score (nSPS) is 12.5. The van der Waals surface area contributed by atoms with Crippen LogP contribution in [0.5, 0.6) is 0 Å². The lowest BCUT2D eigenvalue weighted by atomic mass is 10.1. The zero-order chi connectivity index (χ0) is 8.15. The molecule has 10 heavy (non-hydrogen) atoms. The number of carbonyl (C=O) groups is 2. The first-order valence-electron chi connectivity index (χ1n) is 2.63. The summed E-state index contributed by atoms with van der Waals surface area (Å²) < 4.78 is 0. The van der Waals surface area contributed by atoms with E-state index in [9.17, 15) is 9.59 Å². The van der Waals surface area contributed by atoms with E-state index in [-0.39, 0.29) is 12.2 Å². The third-order valence-corrected chi connectivity index (χ3v) is 1.43. The molecule has 0 aromatic rings. The summed E-state index contributed by atoms with van der Waals surface area (Å²) in [6.07, 6.45) is -0.362. The van der Waals surface area contributed by atoms with E-state index in [4.69, 9.17) is 10.2 Å². The van der Waals surface area contributed by atoms with Crippen molar-refractivity contribution in [2.24, 2.45) is 5.92 Å². The lowest BCUT2D eigenvalue weighted by Gasteiger charge is -2.03. The first-order valence-corrected chi connectivity index (χ1v) is 3.26. The van der Waals surface area contributed by atoms with Crippen LogP contribution in [0.3, 0.4) is 0 Å². The number of aliphatic carboxylic acids is 2. The maximum Gasteiger partial charge on any atom is 0.307 e. The van der Waals surface area contributed by atoms with Crippen LogP contribution in [0.25, 0.3) is 0 Å². The van der Waals surface area contributed by atoms with Crippen LogP contribution in [-0.2, 0) is 9.59 Å². The molecular formula is C5H8O4S. The van der Waals surface area contributed by atoms with E-state index in [0.717, 1.165) is 0 Å². The molecule has 1 atom stereocenters. The molecule has 0 aliphatic rings. The Bertz CT molecular complexity index is 145. The van der Waals surface area contributed by atoms with Gasteiger partial charge in [-0.15, -0.1) is 0 Å². The minimum atomic E-state index is -1.11. The third-order valence-electron chi connectivity index (χ3n) is 0.991. The highest BCUT2D eigenvalue weighted by atomic mass is 32.1. The van der Waals surface area contributed by atoms with Crippen molar-refractivity contribution in [3.8, 4) is 0 Å². The number of thiol groups is 1. The van der Waals surface area contributed by atoms with E-state index in [0.29, 0.717) is 0 Å². The number of carboxylic acid groups (broad SMARTS) is 2. The van der Waals surface area contributed by atoms with Gasteiger partial charge in [-0.2, -0.15) is 12.6 Å². The predicted octanol–water partition coefficient (Wildman–Crippen LogP) is 0.0917. The zero-order valence-electron chi connectivity index (χ0n) is 5.15. The van der Waals surface area contributed by atoms with Crippen molar-refractivity contribution in [2.75, 3.05) is 5.75 Å². The number of carboxylic acids is 2. The second-order valence-corrected chi connectivity index (χ2v) is 2.18. The Morgan fingerprint density at radius 1 is 1.40 bits per heavy atom. The zero-order valence-corrected chi connectivity index (χ0v) is 6.04. The van der Waals surface area contributed by atoms with Gasteiger partial charge >= 0.3 is 11.9 Å². The molecular weight excluding hydrogens is 156 g/mol. The Hall–Kier alpha value is -0.710. The molecule has 0 heterocycles. The van der Waals surface area contributed by atoms with E-state index >= 15 is 0 Å². The summed E-state index contributed by atoms with van der Waals surface area (Å²) >= 11 is 3.69. The summed E-state index contributed by atoms with van der Waals surface area (Å²) in [6, 6.07) is 0. The molecule has 0 radical (unpaired) electrons. The van der Waals surface area contributed by atoms with Crippen LogP contribution in [0.15, 0.2) is 0 Å². The van der Waals surface area contributed by atoms with Crippen LogP contribution in [0.2, 0.25) is 0 Å². The van der Waals surface area contributed by atoms with E-state index in [2.05, 4.69) is 12.6 Å². The van der Waals surface area contributed by atoms with Gasteiger partial charge in [-0.05, 0) is 0 Å². The summed E-state index contributed by atoms with van der Waals surface area (Å²) in [5.41, 5.74) is 0. The van der Waals surface area contributed by atoms with Crippen molar-refractivity contribution in [3.05, 3.63) is 0 Å². The number of rotatable bonds is 4. The summed E-state index contributed by atoms with van der Waals surface area (Å²) in [7, 11) is 0. The fraction of sp³-hybridized carbons (Fsp3) is 0.600. The molecule has 2 N–H and O–H groups in total. The van der Waals surface area contributed by atoms with Crippen LogP contribution in [-0.4, -0.2) is 27.9 Å². The van der Waals surface area contributed by atoms with Crippen molar-refractivity contribution < 1.29 is 19.8 Å². The van der Waals surface area contributed by atoms with Gasteiger partial charge in [-0.1, -0.05) is 0 Å². The number of hydrogen-bond acceptors (Lipinski definition) is 3.